The van der Waals surface area contributed by atoms with Crippen LogP contribution in [0.15, 0.2) is 73.1 Å². The first-order chi connectivity index (χ1) is 13.4. The highest BCUT2D eigenvalue weighted by Crippen LogP contribution is 2.41. The molecular formula is C23H24N2O2Si. The van der Waals surface area contributed by atoms with Gasteiger partial charge in [0.15, 0.2) is 0 Å². The van der Waals surface area contributed by atoms with Gasteiger partial charge in [0.05, 0.1) is 26.4 Å². The van der Waals surface area contributed by atoms with E-state index in [4.69, 9.17) is 4.74 Å². The van der Waals surface area contributed by atoms with Gasteiger partial charge in [-0.3, -0.25) is 9.47 Å². The monoisotopic (exact) mass is 388 g/mol. The minimum atomic E-state index is -1.84. The zero-order chi connectivity index (χ0) is 19.9. The fourth-order valence-corrected chi connectivity index (χ4v) is 5.79. The van der Waals surface area contributed by atoms with Crippen molar-refractivity contribution in [2.45, 2.75) is 19.6 Å². The number of amides is 1. The van der Waals surface area contributed by atoms with Gasteiger partial charge < -0.3 is 4.74 Å². The van der Waals surface area contributed by atoms with Gasteiger partial charge in [-0.1, -0.05) is 50.0 Å². The molecule has 4 nitrogen and oxygen atoms in total. The van der Waals surface area contributed by atoms with Crippen molar-refractivity contribution in [2.75, 3.05) is 12.1 Å². The lowest BCUT2D eigenvalue weighted by atomic mass is 10.1. The molecule has 0 N–H and O–H groups in total. The van der Waals surface area contributed by atoms with Crippen molar-refractivity contribution in [3.8, 4) is 5.75 Å². The lowest BCUT2D eigenvalue weighted by Crippen LogP contribution is -2.36. The summed E-state index contributed by atoms with van der Waals surface area (Å²) in [5.41, 5.74) is 3.86. The lowest BCUT2D eigenvalue weighted by Gasteiger charge is -2.29. The summed E-state index contributed by atoms with van der Waals surface area (Å²) in [5, 5.41) is 3.06. The Hall–Kier alpha value is -3.05. The Morgan fingerprint density at radius 3 is 2.04 bits per heavy atom. The molecule has 1 aromatic heterocycles. The van der Waals surface area contributed by atoms with Crippen LogP contribution < -0.4 is 9.75 Å². The van der Waals surface area contributed by atoms with Gasteiger partial charge in [-0.25, -0.2) is 5.01 Å². The molecule has 142 valence electrons. The standard InChI is InChI=1S/C23H24N2O2Si/c1-27-18-13-11-17(12-14-18)22(28(2,3)4)21-19-9-5-6-10-20(19)23(26)25(21)24-15-7-8-16-24/h5-16H,1-4H3/b22-21-. The number of carbonyl (C=O) groups is 1. The molecule has 2 aromatic carbocycles. The van der Waals surface area contributed by atoms with Gasteiger partial charge in [0.25, 0.3) is 5.91 Å². The van der Waals surface area contributed by atoms with E-state index in [1.165, 1.54) is 5.20 Å². The summed E-state index contributed by atoms with van der Waals surface area (Å²) in [5.74, 6) is 0.833. The van der Waals surface area contributed by atoms with Crippen molar-refractivity contribution in [3.05, 3.63) is 89.7 Å². The maximum atomic E-state index is 13.3. The molecule has 2 heterocycles. The van der Waals surface area contributed by atoms with Crippen LogP contribution in [0.3, 0.4) is 0 Å². The van der Waals surface area contributed by atoms with Crippen molar-refractivity contribution in [1.29, 1.82) is 0 Å². The predicted octanol–water partition coefficient (Wildman–Crippen LogP) is 5.03. The summed E-state index contributed by atoms with van der Waals surface area (Å²) in [4.78, 5) is 13.3. The van der Waals surface area contributed by atoms with Crippen LogP contribution in [-0.2, 0) is 0 Å². The van der Waals surface area contributed by atoms with Crippen molar-refractivity contribution >= 4 is 24.9 Å². The molecule has 4 rings (SSSR count). The number of benzene rings is 2. The van der Waals surface area contributed by atoms with Gasteiger partial charge in [0.1, 0.15) is 5.75 Å². The molecule has 1 amide bonds. The summed E-state index contributed by atoms with van der Waals surface area (Å²) in [6.45, 7) is 6.95. The smallest absolute Gasteiger partial charge is 0.278 e. The van der Waals surface area contributed by atoms with Crippen LogP contribution in [0, 0.1) is 0 Å². The van der Waals surface area contributed by atoms with Gasteiger partial charge in [-0.2, -0.15) is 0 Å². The molecular weight excluding hydrogens is 364 g/mol. The topological polar surface area (TPSA) is 34.5 Å². The zero-order valence-electron chi connectivity index (χ0n) is 16.6. The minimum absolute atomic E-state index is 0.00561. The molecule has 1 aliphatic rings. The summed E-state index contributed by atoms with van der Waals surface area (Å²) in [7, 11) is -0.168. The fourth-order valence-electron chi connectivity index (χ4n) is 3.81. The number of nitrogens with zero attached hydrogens (tertiary/aromatic N) is 2. The number of methoxy groups -OCH3 is 1. The highest BCUT2D eigenvalue weighted by atomic mass is 28.3. The van der Waals surface area contributed by atoms with Crippen molar-refractivity contribution < 1.29 is 9.53 Å². The van der Waals surface area contributed by atoms with E-state index in [9.17, 15) is 4.79 Å². The van der Waals surface area contributed by atoms with Gasteiger partial charge >= 0.3 is 0 Å². The van der Waals surface area contributed by atoms with Crippen LogP contribution in [0.4, 0.5) is 0 Å². The molecule has 0 spiro atoms. The molecule has 5 heteroatoms. The first-order valence-corrected chi connectivity index (χ1v) is 12.9. The van der Waals surface area contributed by atoms with Gasteiger partial charge in [-0.05, 0) is 41.1 Å². The second-order valence-corrected chi connectivity index (χ2v) is 12.9. The predicted molar refractivity (Wildman–Crippen MR) is 117 cm³/mol. The van der Waals surface area contributed by atoms with E-state index in [1.54, 1.807) is 7.11 Å². The van der Waals surface area contributed by atoms with E-state index in [-0.39, 0.29) is 5.91 Å². The Bertz CT molecular complexity index is 1040. The Balaban J connectivity index is 2.04. The zero-order valence-corrected chi connectivity index (χ0v) is 17.6. The second kappa shape index (κ2) is 6.84. The Labute approximate surface area is 166 Å². The SMILES string of the molecule is COc1ccc(/C(=C2\c3ccccc3C(=O)N2n2cccc2)[Si](C)(C)C)cc1. The number of hydrogen-bond donors (Lipinski definition) is 0. The number of hydrogen-bond acceptors (Lipinski definition) is 2. The summed E-state index contributed by atoms with van der Waals surface area (Å²) >= 11 is 0. The highest BCUT2D eigenvalue weighted by molar-refractivity contribution is 6.95. The number of fused-ring (bicyclic) bond motifs is 1. The molecule has 0 aliphatic carbocycles. The van der Waals surface area contributed by atoms with E-state index in [1.807, 2.05) is 64.5 Å². The van der Waals surface area contributed by atoms with E-state index in [2.05, 4.69) is 37.8 Å². The average Bonchev–Trinajstić information content (AvgIpc) is 3.29. The third-order valence-corrected chi connectivity index (χ3v) is 7.03. The van der Waals surface area contributed by atoms with Gasteiger partial charge in [0, 0.05) is 18.0 Å². The third kappa shape index (κ3) is 2.98. The quantitative estimate of drug-likeness (QED) is 0.587. The maximum absolute atomic E-state index is 13.3. The molecule has 3 aromatic rings. The number of carbonyl (C=O) groups excluding carboxylic acids is 1. The molecule has 0 unspecified atom stereocenters. The average molecular weight is 389 g/mol. The first-order valence-electron chi connectivity index (χ1n) is 9.38. The third-order valence-electron chi connectivity index (χ3n) is 5.00. The summed E-state index contributed by atoms with van der Waals surface area (Å²) in [6, 6.07) is 19.9. The van der Waals surface area contributed by atoms with E-state index >= 15 is 0 Å². The first kappa shape index (κ1) is 18.3. The molecule has 0 atom stereocenters. The molecule has 0 saturated heterocycles. The van der Waals surface area contributed by atoms with Crippen LogP contribution in [-0.4, -0.2) is 25.8 Å². The largest absolute Gasteiger partial charge is 0.497 e. The Kier molecular flexibility index (Phi) is 4.47. The van der Waals surface area contributed by atoms with Crippen LogP contribution in [0.5, 0.6) is 5.75 Å². The molecule has 1 aliphatic heterocycles. The second-order valence-electron chi connectivity index (χ2n) is 7.93. The Morgan fingerprint density at radius 1 is 0.857 bits per heavy atom. The van der Waals surface area contributed by atoms with Crippen molar-refractivity contribution in [2.24, 2.45) is 0 Å². The minimum Gasteiger partial charge on any atom is -0.497 e. The van der Waals surface area contributed by atoms with Crippen molar-refractivity contribution in [1.82, 2.24) is 4.68 Å². The van der Waals surface area contributed by atoms with Crippen LogP contribution in [0.2, 0.25) is 19.6 Å². The Morgan fingerprint density at radius 2 is 1.46 bits per heavy atom. The number of rotatable bonds is 4. The summed E-state index contributed by atoms with van der Waals surface area (Å²) in [6.07, 6.45) is 3.83. The van der Waals surface area contributed by atoms with E-state index < -0.39 is 8.07 Å². The number of ether oxygens (including phenoxy) is 1. The molecule has 0 fully saturated rings. The lowest BCUT2D eigenvalue weighted by molar-refractivity contribution is 0.0984. The molecule has 28 heavy (non-hydrogen) atoms. The molecule has 0 saturated carbocycles. The highest BCUT2D eigenvalue weighted by Gasteiger charge is 2.38. The van der Waals surface area contributed by atoms with Crippen LogP contribution in [0.1, 0.15) is 21.5 Å². The maximum Gasteiger partial charge on any atom is 0.278 e. The van der Waals surface area contributed by atoms with Crippen LogP contribution in [0.25, 0.3) is 10.9 Å². The summed E-state index contributed by atoms with van der Waals surface area (Å²) < 4.78 is 7.22. The van der Waals surface area contributed by atoms with Crippen molar-refractivity contribution in [3.63, 3.8) is 0 Å². The van der Waals surface area contributed by atoms with Gasteiger partial charge in [0.2, 0.25) is 0 Å². The number of aromatic nitrogens is 1. The van der Waals surface area contributed by atoms with E-state index in [0.29, 0.717) is 0 Å². The fraction of sp³-hybridized carbons (Fsp3) is 0.174. The molecule has 0 radical (unpaired) electrons. The van der Waals surface area contributed by atoms with E-state index in [0.717, 1.165) is 28.1 Å². The van der Waals surface area contributed by atoms with Crippen LogP contribution >= 0.6 is 0 Å². The molecule has 0 bridgehead atoms. The van der Waals surface area contributed by atoms with Gasteiger partial charge in [-0.15, -0.1) is 0 Å². The normalized spacial score (nSPS) is 15.6.